The van der Waals surface area contributed by atoms with Gasteiger partial charge in [0.25, 0.3) is 11.8 Å². The van der Waals surface area contributed by atoms with E-state index < -0.39 is 0 Å². The Labute approximate surface area is 168 Å². The molecule has 1 aliphatic rings. The Morgan fingerprint density at radius 2 is 1.79 bits per heavy atom. The van der Waals surface area contributed by atoms with E-state index in [0.717, 1.165) is 13.0 Å². The topological polar surface area (TPSA) is 84.3 Å². The van der Waals surface area contributed by atoms with E-state index in [9.17, 15) is 14.4 Å². The van der Waals surface area contributed by atoms with Gasteiger partial charge in [-0.2, -0.15) is 5.10 Å². The summed E-state index contributed by atoms with van der Waals surface area (Å²) >= 11 is 6.08. The summed E-state index contributed by atoms with van der Waals surface area (Å²) in [5, 5.41) is 7.65. The summed E-state index contributed by atoms with van der Waals surface area (Å²) in [6.45, 7) is 3.37. The highest BCUT2D eigenvalue weighted by atomic mass is 35.5. The lowest BCUT2D eigenvalue weighted by Gasteiger charge is -2.13. The fourth-order valence-corrected chi connectivity index (χ4v) is 3.38. The van der Waals surface area contributed by atoms with Crippen molar-refractivity contribution in [2.45, 2.75) is 45.7 Å². The van der Waals surface area contributed by atoms with Crippen molar-refractivity contribution in [2.24, 2.45) is 0 Å². The first-order chi connectivity index (χ1) is 13.5. The summed E-state index contributed by atoms with van der Waals surface area (Å²) in [6.07, 6.45) is 4.24. The number of nitrogens with one attached hydrogen (secondary N) is 1. The summed E-state index contributed by atoms with van der Waals surface area (Å²) < 4.78 is 1.73. The molecule has 0 saturated carbocycles. The lowest BCUT2D eigenvalue weighted by Crippen LogP contribution is -2.30. The number of nitrogens with zero attached hydrogens (tertiary/aromatic N) is 3. The van der Waals surface area contributed by atoms with Crippen molar-refractivity contribution in [3.63, 3.8) is 0 Å². The van der Waals surface area contributed by atoms with Gasteiger partial charge in [0, 0.05) is 25.7 Å². The van der Waals surface area contributed by atoms with Crippen LogP contribution in [0.5, 0.6) is 0 Å². The molecule has 2 heterocycles. The number of halogens is 1. The van der Waals surface area contributed by atoms with E-state index in [1.165, 1.54) is 4.90 Å². The zero-order valence-electron chi connectivity index (χ0n) is 15.8. The Hall–Kier alpha value is -2.67. The van der Waals surface area contributed by atoms with Crippen LogP contribution in [-0.2, 0) is 17.9 Å². The molecule has 0 saturated heterocycles. The third-order valence-electron chi connectivity index (χ3n) is 4.73. The Morgan fingerprint density at radius 3 is 2.39 bits per heavy atom. The van der Waals surface area contributed by atoms with Crippen molar-refractivity contribution in [3.8, 4) is 0 Å². The second kappa shape index (κ2) is 9.01. The second-order valence-electron chi connectivity index (χ2n) is 6.67. The molecule has 0 radical (unpaired) electrons. The Kier molecular flexibility index (Phi) is 6.46. The van der Waals surface area contributed by atoms with Crippen molar-refractivity contribution in [1.29, 1.82) is 0 Å². The zero-order chi connectivity index (χ0) is 20.1. The number of rotatable bonds is 9. The molecule has 28 heavy (non-hydrogen) atoms. The number of benzene rings is 1. The van der Waals surface area contributed by atoms with Crippen molar-refractivity contribution in [3.05, 3.63) is 52.3 Å². The molecule has 0 spiro atoms. The monoisotopic (exact) mass is 402 g/mol. The van der Waals surface area contributed by atoms with Gasteiger partial charge >= 0.3 is 0 Å². The molecule has 0 bridgehead atoms. The smallest absolute Gasteiger partial charge is 0.261 e. The molecule has 0 unspecified atom stereocenters. The Bertz CT molecular complexity index is 858. The van der Waals surface area contributed by atoms with Gasteiger partial charge in [0.05, 0.1) is 22.7 Å². The number of aryl methyl sites for hydroxylation is 1. The van der Waals surface area contributed by atoms with Crippen LogP contribution in [0.3, 0.4) is 0 Å². The normalized spacial score (nSPS) is 13.1. The molecule has 0 fully saturated rings. The molecular weight excluding hydrogens is 380 g/mol. The maximum Gasteiger partial charge on any atom is 0.261 e. The predicted octanol–water partition coefficient (Wildman–Crippen LogP) is 3.03. The summed E-state index contributed by atoms with van der Waals surface area (Å²) in [5.41, 5.74) is 1.59. The molecule has 1 aliphatic heterocycles. The number of carbonyl (C=O) groups excluding carboxylic acids is 3. The summed E-state index contributed by atoms with van der Waals surface area (Å²) in [5.74, 6) is -0.536. The van der Waals surface area contributed by atoms with Crippen LogP contribution in [0.4, 0.5) is 0 Å². The van der Waals surface area contributed by atoms with E-state index in [4.69, 9.17) is 11.6 Å². The molecule has 1 aromatic heterocycles. The van der Waals surface area contributed by atoms with Gasteiger partial charge in [-0.1, -0.05) is 30.2 Å². The van der Waals surface area contributed by atoms with E-state index in [1.54, 1.807) is 35.1 Å². The highest BCUT2D eigenvalue weighted by Gasteiger charge is 2.34. The fourth-order valence-electron chi connectivity index (χ4n) is 3.16. The lowest BCUT2D eigenvalue weighted by atomic mass is 10.1. The quantitative estimate of drug-likeness (QED) is 0.516. The largest absolute Gasteiger partial charge is 0.350 e. The van der Waals surface area contributed by atoms with Gasteiger partial charge in [-0.25, -0.2) is 0 Å². The van der Waals surface area contributed by atoms with Crippen LogP contribution >= 0.6 is 11.6 Å². The molecule has 148 valence electrons. The fraction of sp³-hybridized carbons (Fsp3) is 0.400. The van der Waals surface area contributed by atoms with E-state index in [0.29, 0.717) is 54.2 Å². The van der Waals surface area contributed by atoms with Crippen LogP contribution in [0.1, 0.15) is 59.0 Å². The molecule has 3 rings (SSSR count). The highest BCUT2D eigenvalue weighted by Crippen LogP contribution is 2.22. The predicted molar refractivity (Wildman–Crippen MR) is 105 cm³/mol. The standard InChI is InChI=1S/C20H23ClN4O3/c1-2-24-13-16(21)17(23-24)12-22-18(26)10-4-3-7-11-25-19(27)14-8-5-6-9-15(14)20(25)28/h5-6,8-9,13H,2-4,7,10-12H2,1H3,(H,22,26). The minimum Gasteiger partial charge on any atom is -0.350 e. The molecule has 8 heteroatoms. The lowest BCUT2D eigenvalue weighted by molar-refractivity contribution is -0.121. The van der Waals surface area contributed by atoms with E-state index >= 15 is 0 Å². The first-order valence-electron chi connectivity index (χ1n) is 9.45. The molecule has 0 atom stereocenters. The summed E-state index contributed by atoms with van der Waals surface area (Å²) in [7, 11) is 0. The van der Waals surface area contributed by atoms with Gasteiger partial charge in [-0.3, -0.25) is 24.0 Å². The van der Waals surface area contributed by atoms with Crippen LogP contribution in [0.15, 0.2) is 30.5 Å². The van der Waals surface area contributed by atoms with Crippen molar-refractivity contribution in [2.75, 3.05) is 6.54 Å². The number of aromatic nitrogens is 2. The first-order valence-corrected chi connectivity index (χ1v) is 9.82. The summed E-state index contributed by atoms with van der Waals surface area (Å²) in [6, 6.07) is 6.86. The van der Waals surface area contributed by atoms with E-state index in [2.05, 4.69) is 10.4 Å². The summed E-state index contributed by atoms with van der Waals surface area (Å²) in [4.78, 5) is 37.8. The number of fused-ring (bicyclic) bond motifs is 1. The van der Waals surface area contributed by atoms with Gasteiger partial charge < -0.3 is 5.32 Å². The Morgan fingerprint density at radius 1 is 1.11 bits per heavy atom. The number of hydrogen-bond donors (Lipinski definition) is 1. The van der Waals surface area contributed by atoms with Crippen molar-refractivity contribution in [1.82, 2.24) is 20.0 Å². The minimum absolute atomic E-state index is 0.0668. The number of hydrogen-bond acceptors (Lipinski definition) is 4. The maximum atomic E-state index is 12.3. The third-order valence-corrected chi connectivity index (χ3v) is 5.04. The number of imide groups is 1. The minimum atomic E-state index is -0.235. The molecule has 2 aromatic rings. The number of unbranched alkanes of at least 4 members (excludes halogenated alkanes) is 2. The van der Waals surface area contributed by atoms with Crippen LogP contribution in [0.2, 0.25) is 5.02 Å². The van der Waals surface area contributed by atoms with Crippen molar-refractivity contribution < 1.29 is 14.4 Å². The average Bonchev–Trinajstić information content (AvgIpc) is 3.18. The van der Waals surface area contributed by atoms with Gasteiger partial charge in [0.15, 0.2) is 0 Å². The second-order valence-corrected chi connectivity index (χ2v) is 7.08. The number of amides is 3. The van der Waals surface area contributed by atoms with E-state index in [1.807, 2.05) is 6.92 Å². The van der Waals surface area contributed by atoms with Gasteiger partial charge in [0.2, 0.25) is 5.91 Å². The maximum absolute atomic E-state index is 12.3. The highest BCUT2D eigenvalue weighted by molar-refractivity contribution is 6.31. The van der Waals surface area contributed by atoms with Crippen molar-refractivity contribution >= 4 is 29.3 Å². The Balaban J connectivity index is 1.35. The molecular formula is C20H23ClN4O3. The zero-order valence-corrected chi connectivity index (χ0v) is 16.5. The van der Waals surface area contributed by atoms with Gasteiger partial charge in [-0.05, 0) is 31.9 Å². The van der Waals surface area contributed by atoms with Crippen LogP contribution in [0, 0.1) is 0 Å². The van der Waals surface area contributed by atoms with Crippen LogP contribution < -0.4 is 5.32 Å². The molecule has 1 N–H and O–H groups in total. The molecule has 1 aromatic carbocycles. The average molecular weight is 403 g/mol. The van der Waals surface area contributed by atoms with Gasteiger partial charge in [-0.15, -0.1) is 0 Å². The van der Waals surface area contributed by atoms with Crippen LogP contribution in [-0.4, -0.2) is 38.9 Å². The van der Waals surface area contributed by atoms with Gasteiger partial charge in [0.1, 0.15) is 5.69 Å². The molecule has 3 amide bonds. The number of carbonyl (C=O) groups is 3. The first kappa shape index (κ1) is 20.1. The third kappa shape index (κ3) is 4.42. The SMILES string of the molecule is CCn1cc(Cl)c(CNC(=O)CCCCCN2C(=O)c3ccccc3C2=O)n1. The van der Waals surface area contributed by atoms with E-state index in [-0.39, 0.29) is 17.7 Å². The van der Waals surface area contributed by atoms with Crippen LogP contribution in [0.25, 0.3) is 0 Å². The molecule has 0 aliphatic carbocycles. The molecule has 7 nitrogen and oxygen atoms in total.